The van der Waals surface area contributed by atoms with Gasteiger partial charge >= 0.3 is 0 Å². The van der Waals surface area contributed by atoms with E-state index in [4.69, 9.17) is 17.3 Å². The summed E-state index contributed by atoms with van der Waals surface area (Å²) in [5.41, 5.74) is 7.31. The molecule has 2 amide bonds. The highest BCUT2D eigenvalue weighted by Gasteiger charge is 2.37. The Bertz CT molecular complexity index is 657. The minimum Gasteiger partial charge on any atom is -0.377 e. The third-order valence-electron chi connectivity index (χ3n) is 3.16. The number of nitrogens with zero attached hydrogens (tertiary/aromatic N) is 3. The standard InChI is InChI=1S/C14H15ClN4O2S/c1-8(9-3-5-10(15)6-4-9)17-18-14(16)22-11-7-12(20)19(2)13(11)21/h3-6,11H,7H2,1-2H3,(H2,16,18)/b17-8+. The van der Waals surface area contributed by atoms with E-state index in [1.165, 1.54) is 7.05 Å². The molecule has 1 atom stereocenters. The number of carbonyl (C=O) groups is 2. The van der Waals surface area contributed by atoms with Crippen molar-refractivity contribution in [1.82, 2.24) is 4.90 Å². The van der Waals surface area contributed by atoms with E-state index in [0.29, 0.717) is 10.7 Å². The second kappa shape index (κ2) is 6.93. The van der Waals surface area contributed by atoms with Crippen LogP contribution in [0.3, 0.4) is 0 Å². The zero-order chi connectivity index (χ0) is 16.3. The number of imide groups is 1. The average Bonchev–Trinajstić information content (AvgIpc) is 2.73. The molecule has 6 nitrogen and oxygen atoms in total. The molecule has 1 aliphatic rings. The van der Waals surface area contributed by atoms with Gasteiger partial charge < -0.3 is 5.73 Å². The highest BCUT2D eigenvalue weighted by Crippen LogP contribution is 2.24. The normalized spacial score (nSPS) is 20.0. The van der Waals surface area contributed by atoms with Gasteiger partial charge in [0.25, 0.3) is 0 Å². The number of amides is 2. The second-order valence-electron chi connectivity index (χ2n) is 4.73. The Hall–Kier alpha value is -1.86. The van der Waals surface area contributed by atoms with Gasteiger partial charge in [-0.15, -0.1) is 5.10 Å². The number of thioether (sulfide) groups is 1. The topological polar surface area (TPSA) is 88.1 Å². The Labute approximate surface area is 137 Å². The van der Waals surface area contributed by atoms with Crippen LogP contribution in [-0.2, 0) is 9.59 Å². The van der Waals surface area contributed by atoms with Crippen LogP contribution in [0.25, 0.3) is 0 Å². The fourth-order valence-electron chi connectivity index (χ4n) is 1.86. The first-order chi connectivity index (χ1) is 10.4. The van der Waals surface area contributed by atoms with E-state index in [0.717, 1.165) is 22.2 Å². The smallest absolute Gasteiger partial charge is 0.243 e. The van der Waals surface area contributed by atoms with Crippen LogP contribution in [0.1, 0.15) is 18.9 Å². The molecule has 0 radical (unpaired) electrons. The fraction of sp³-hybridized carbons (Fsp3) is 0.286. The Kier molecular flexibility index (Phi) is 5.20. The lowest BCUT2D eigenvalue weighted by Gasteiger charge is -2.07. The fourth-order valence-corrected chi connectivity index (χ4v) is 2.85. The van der Waals surface area contributed by atoms with Crippen LogP contribution >= 0.6 is 23.4 Å². The number of amidine groups is 1. The maximum atomic E-state index is 11.8. The predicted molar refractivity (Wildman–Crippen MR) is 89.1 cm³/mol. The third-order valence-corrected chi connectivity index (χ3v) is 4.39. The Balaban J connectivity index is 2.03. The average molecular weight is 339 g/mol. The highest BCUT2D eigenvalue weighted by atomic mass is 35.5. The van der Waals surface area contributed by atoms with E-state index in [1.807, 2.05) is 12.1 Å². The van der Waals surface area contributed by atoms with Crippen molar-refractivity contribution >= 4 is 46.1 Å². The van der Waals surface area contributed by atoms with Gasteiger partial charge in [0.1, 0.15) is 5.25 Å². The van der Waals surface area contributed by atoms with Crippen molar-refractivity contribution in [1.29, 1.82) is 0 Å². The molecule has 1 aromatic rings. The number of rotatable bonds is 3. The van der Waals surface area contributed by atoms with E-state index in [2.05, 4.69) is 10.2 Å². The number of nitrogens with two attached hydrogens (primary N) is 1. The van der Waals surface area contributed by atoms with Crippen LogP contribution in [-0.4, -0.2) is 39.9 Å². The van der Waals surface area contributed by atoms with Gasteiger partial charge in [0.05, 0.1) is 5.71 Å². The van der Waals surface area contributed by atoms with Gasteiger partial charge in [-0.25, -0.2) is 0 Å². The number of hydrogen-bond acceptors (Lipinski definition) is 5. The highest BCUT2D eigenvalue weighted by molar-refractivity contribution is 8.14. The van der Waals surface area contributed by atoms with E-state index < -0.39 is 5.25 Å². The van der Waals surface area contributed by atoms with Gasteiger partial charge in [-0.3, -0.25) is 14.5 Å². The summed E-state index contributed by atoms with van der Waals surface area (Å²) in [4.78, 5) is 24.3. The molecule has 1 saturated heterocycles. The first-order valence-electron chi connectivity index (χ1n) is 6.49. The van der Waals surface area contributed by atoms with Gasteiger partial charge in [0.2, 0.25) is 11.8 Å². The molecule has 1 aliphatic heterocycles. The zero-order valence-corrected chi connectivity index (χ0v) is 13.7. The molecular weight excluding hydrogens is 324 g/mol. The lowest BCUT2D eigenvalue weighted by molar-refractivity contribution is -0.136. The quantitative estimate of drug-likeness (QED) is 0.394. The van der Waals surface area contributed by atoms with Gasteiger partial charge in [0, 0.05) is 18.5 Å². The summed E-state index contributed by atoms with van der Waals surface area (Å²) >= 11 is 6.87. The molecular formula is C14H15ClN4O2S. The first kappa shape index (κ1) is 16.5. The number of hydrogen-bond donors (Lipinski definition) is 1. The van der Waals surface area contributed by atoms with Crippen LogP contribution in [0.15, 0.2) is 34.5 Å². The Morgan fingerprint density at radius 3 is 2.50 bits per heavy atom. The zero-order valence-electron chi connectivity index (χ0n) is 12.1. The van der Waals surface area contributed by atoms with Crippen molar-refractivity contribution in [2.24, 2.45) is 15.9 Å². The van der Waals surface area contributed by atoms with Gasteiger partial charge in [0.15, 0.2) is 5.17 Å². The largest absolute Gasteiger partial charge is 0.377 e. The number of benzene rings is 1. The molecule has 0 aliphatic carbocycles. The molecule has 0 spiro atoms. The number of likely N-dealkylation sites (tertiary alicyclic amines) is 1. The predicted octanol–water partition coefficient (Wildman–Crippen LogP) is 1.87. The first-order valence-corrected chi connectivity index (χ1v) is 7.75. The lowest BCUT2D eigenvalue weighted by atomic mass is 10.1. The van der Waals surface area contributed by atoms with Crippen LogP contribution in [0.5, 0.6) is 0 Å². The Morgan fingerprint density at radius 1 is 1.32 bits per heavy atom. The van der Waals surface area contributed by atoms with Gasteiger partial charge in [-0.2, -0.15) is 5.10 Å². The molecule has 116 valence electrons. The van der Waals surface area contributed by atoms with E-state index in [1.54, 1.807) is 19.1 Å². The molecule has 2 N–H and O–H groups in total. The summed E-state index contributed by atoms with van der Waals surface area (Å²) in [7, 11) is 1.46. The van der Waals surface area contributed by atoms with Gasteiger partial charge in [-0.1, -0.05) is 35.5 Å². The minimum absolute atomic E-state index is 0.135. The van der Waals surface area contributed by atoms with Crippen LogP contribution < -0.4 is 5.73 Å². The van der Waals surface area contributed by atoms with Crippen molar-refractivity contribution in [3.63, 3.8) is 0 Å². The third kappa shape index (κ3) is 3.86. The maximum Gasteiger partial charge on any atom is 0.243 e. The van der Waals surface area contributed by atoms with E-state index in [-0.39, 0.29) is 23.4 Å². The molecule has 8 heteroatoms. The molecule has 0 saturated carbocycles. The molecule has 0 bridgehead atoms. The number of carbonyl (C=O) groups excluding carboxylic acids is 2. The summed E-state index contributed by atoms with van der Waals surface area (Å²) in [5.74, 6) is -0.470. The molecule has 22 heavy (non-hydrogen) atoms. The monoisotopic (exact) mass is 338 g/mol. The lowest BCUT2D eigenvalue weighted by Crippen LogP contribution is -2.27. The molecule has 1 aromatic carbocycles. The van der Waals surface area contributed by atoms with Gasteiger partial charge in [-0.05, 0) is 24.6 Å². The van der Waals surface area contributed by atoms with Crippen molar-refractivity contribution < 1.29 is 9.59 Å². The van der Waals surface area contributed by atoms with Crippen LogP contribution in [0, 0.1) is 0 Å². The maximum absolute atomic E-state index is 11.8. The molecule has 2 rings (SSSR count). The van der Waals surface area contributed by atoms with Crippen molar-refractivity contribution in [3.05, 3.63) is 34.9 Å². The van der Waals surface area contributed by atoms with Crippen molar-refractivity contribution in [2.75, 3.05) is 7.05 Å². The SMILES string of the molecule is C/C(=N\N=C(N)SC1CC(=O)N(C)C1=O)c1ccc(Cl)cc1. The number of halogens is 1. The summed E-state index contributed by atoms with van der Waals surface area (Å²) in [6.07, 6.45) is 0.135. The van der Waals surface area contributed by atoms with Crippen LogP contribution in [0.4, 0.5) is 0 Å². The molecule has 1 fully saturated rings. The summed E-state index contributed by atoms with van der Waals surface area (Å²) in [5, 5.41) is 8.21. The molecule has 1 heterocycles. The van der Waals surface area contributed by atoms with E-state index in [9.17, 15) is 9.59 Å². The summed E-state index contributed by atoms with van der Waals surface area (Å²) < 4.78 is 0. The second-order valence-corrected chi connectivity index (χ2v) is 6.39. The minimum atomic E-state index is -0.521. The molecule has 1 unspecified atom stereocenters. The van der Waals surface area contributed by atoms with Crippen LogP contribution in [0.2, 0.25) is 5.02 Å². The van der Waals surface area contributed by atoms with Crippen molar-refractivity contribution in [2.45, 2.75) is 18.6 Å². The van der Waals surface area contributed by atoms with E-state index >= 15 is 0 Å². The summed E-state index contributed by atoms with van der Waals surface area (Å²) in [6, 6.07) is 7.18. The molecule has 0 aromatic heterocycles. The van der Waals surface area contributed by atoms with Crippen molar-refractivity contribution in [3.8, 4) is 0 Å². The Morgan fingerprint density at radius 2 is 1.95 bits per heavy atom. The summed E-state index contributed by atoms with van der Waals surface area (Å²) in [6.45, 7) is 1.79.